The summed E-state index contributed by atoms with van der Waals surface area (Å²) < 4.78 is 5.69. The smallest absolute Gasteiger partial charge is 0.290 e. The molecule has 0 aliphatic carbocycles. The number of furan rings is 1. The van der Waals surface area contributed by atoms with Gasteiger partial charge in [-0.2, -0.15) is 0 Å². The van der Waals surface area contributed by atoms with Gasteiger partial charge in [-0.1, -0.05) is 33.6 Å². The molecule has 132 valence electrons. The Hall–Kier alpha value is -2.04. The van der Waals surface area contributed by atoms with E-state index in [2.05, 4.69) is 6.92 Å². The zero-order valence-electron chi connectivity index (χ0n) is 15.0. The second-order valence-corrected chi connectivity index (χ2v) is 6.84. The molecule has 1 aliphatic heterocycles. The monoisotopic (exact) mass is 333 g/mol. The van der Waals surface area contributed by atoms with Crippen molar-refractivity contribution < 1.29 is 19.1 Å². The summed E-state index contributed by atoms with van der Waals surface area (Å²) in [5, 5.41) is 10.3. The maximum Gasteiger partial charge on any atom is 0.290 e. The Morgan fingerprint density at radius 1 is 1.33 bits per heavy atom. The summed E-state index contributed by atoms with van der Waals surface area (Å²) in [6.45, 7) is 8.29. The molecule has 1 aliphatic rings. The Morgan fingerprint density at radius 3 is 2.58 bits per heavy atom. The van der Waals surface area contributed by atoms with Crippen LogP contribution in [0.5, 0.6) is 0 Å². The second-order valence-electron chi connectivity index (χ2n) is 6.84. The number of ketones is 1. The quantitative estimate of drug-likeness (QED) is 0.727. The van der Waals surface area contributed by atoms with E-state index in [1.807, 2.05) is 26.8 Å². The molecule has 24 heavy (non-hydrogen) atoms. The average Bonchev–Trinajstić information content (AvgIpc) is 3.03. The van der Waals surface area contributed by atoms with E-state index in [4.69, 9.17) is 4.42 Å². The van der Waals surface area contributed by atoms with Gasteiger partial charge in [0.15, 0.2) is 11.5 Å². The predicted octanol–water partition coefficient (Wildman–Crippen LogP) is 4.09. The third kappa shape index (κ3) is 3.71. The summed E-state index contributed by atoms with van der Waals surface area (Å²) >= 11 is 0. The number of aliphatic hydroxyl groups is 1. The van der Waals surface area contributed by atoms with Crippen LogP contribution in [0.15, 0.2) is 27.9 Å². The van der Waals surface area contributed by atoms with Crippen LogP contribution < -0.4 is 0 Å². The summed E-state index contributed by atoms with van der Waals surface area (Å²) in [4.78, 5) is 26.7. The number of amides is 1. The minimum atomic E-state index is -0.616. The Balaban J connectivity index is 2.37. The van der Waals surface area contributed by atoms with Crippen molar-refractivity contribution in [3.05, 3.63) is 35.0 Å². The first-order valence-corrected chi connectivity index (χ1v) is 8.70. The van der Waals surface area contributed by atoms with Crippen LogP contribution in [-0.2, 0) is 9.59 Å². The molecule has 5 heteroatoms. The first kappa shape index (κ1) is 18.3. The normalized spacial score (nSPS) is 18.1. The molecule has 5 nitrogen and oxygen atoms in total. The van der Waals surface area contributed by atoms with Gasteiger partial charge in [-0.05, 0) is 31.4 Å². The lowest BCUT2D eigenvalue weighted by Gasteiger charge is -2.25. The molecule has 0 fully saturated rings. The van der Waals surface area contributed by atoms with Gasteiger partial charge in [0.25, 0.3) is 5.91 Å². The van der Waals surface area contributed by atoms with Crippen molar-refractivity contribution in [1.82, 2.24) is 4.90 Å². The van der Waals surface area contributed by atoms with E-state index < -0.39 is 17.7 Å². The van der Waals surface area contributed by atoms with Gasteiger partial charge in [-0.3, -0.25) is 9.59 Å². The number of unbranched alkanes of at least 4 members (excludes halogenated alkanes) is 2. The molecule has 2 heterocycles. The molecule has 1 unspecified atom stereocenters. The van der Waals surface area contributed by atoms with E-state index in [0.29, 0.717) is 24.5 Å². The first-order chi connectivity index (χ1) is 11.4. The minimum absolute atomic E-state index is 0.154. The van der Waals surface area contributed by atoms with E-state index in [9.17, 15) is 14.7 Å². The van der Waals surface area contributed by atoms with Crippen molar-refractivity contribution in [2.75, 3.05) is 6.54 Å². The van der Waals surface area contributed by atoms with Gasteiger partial charge >= 0.3 is 0 Å². The SMILES string of the molecule is CCCCCN1C(=O)C(O)=C(C(=O)CC(C)C)C1c1ccc(C)o1. The van der Waals surface area contributed by atoms with E-state index in [0.717, 1.165) is 19.3 Å². The summed E-state index contributed by atoms with van der Waals surface area (Å²) in [6.07, 6.45) is 3.15. The number of carbonyl (C=O) groups is 2. The van der Waals surface area contributed by atoms with Crippen molar-refractivity contribution >= 4 is 11.7 Å². The lowest BCUT2D eigenvalue weighted by Crippen LogP contribution is -2.32. The Bertz CT molecular complexity index is 642. The number of hydrogen-bond donors (Lipinski definition) is 1. The predicted molar refractivity (Wildman–Crippen MR) is 91.5 cm³/mol. The van der Waals surface area contributed by atoms with Gasteiger partial charge in [-0.25, -0.2) is 0 Å². The highest BCUT2D eigenvalue weighted by atomic mass is 16.3. The van der Waals surface area contributed by atoms with Crippen molar-refractivity contribution in [2.45, 2.75) is 59.4 Å². The summed E-state index contributed by atoms with van der Waals surface area (Å²) in [5.41, 5.74) is 0.180. The highest BCUT2D eigenvalue weighted by Gasteiger charge is 2.44. The first-order valence-electron chi connectivity index (χ1n) is 8.70. The molecule has 0 aromatic carbocycles. The molecule has 0 saturated heterocycles. The van der Waals surface area contributed by atoms with E-state index in [-0.39, 0.29) is 17.3 Å². The zero-order valence-corrected chi connectivity index (χ0v) is 15.0. The van der Waals surface area contributed by atoms with Crippen LogP contribution >= 0.6 is 0 Å². The summed E-state index contributed by atoms with van der Waals surface area (Å²) in [7, 11) is 0. The molecule has 0 spiro atoms. The Kier molecular flexibility index (Phi) is 5.86. The van der Waals surface area contributed by atoms with Crippen LogP contribution in [0.25, 0.3) is 0 Å². The third-order valence-electron chi connectivity index (χ3n) is 4.23. The van der Waals surface area contributed by atoms with Crippen LogP contribution in [0.2, 0.25) is 0 Å². The maximum absolute atomic E-state index is 12.6. The van der Waals surface area contributed by atoms with Crippen molar-refractivity contribution in [3.63, 3.8) is 0 Å². The number of Topliss-reactive ketones (excluding diaryl/α,β-unsaturated/α-hetero) is 1. The van der Waals surface area contributed by atoms with Crippen molar-refractivity contribution in [2.24, 2.45) is 5.92 Å². The highest BCUT2D eigenvalue weighted by Crippen LogP contribution is 2.39. The molecule has 0 bridgehead atoms. The molecule has 1 atom stereocenters. The summed E-state index contributed by atoms with van der Waals surface area (Å²) in [5.74, 6) is 0.323. The fourth-order valence-electron chi connectivity index (χ4n) is 3.08. The fourth-order valence-corrected chi connectivity index (χ4v) is 3.08. The fraction of sp³-hybridized carbons (Fsp3) is 0.579. The number of nitrogens with zero attached hydrogens (tertiary/aromatic N) is 1. The Morgan fingerprint density at radius 2 is 2.04 bits per heavy atom. The molecule has 1 aromatic heterocycles. The molecule has 1 N–H and O–H groups in total. The molecule has 0 saturated carbocycles. The van der Waals surface area contributed by atoms with E-state index >= 15 is 0 Å². The van der Waals surface area contributed by atoms with E-state index in [1.54, 1.807) is 11.0 Å². The van der Waals surface area contributed by atoms with Gasteiger partial charge in [-0.15, -0.1) is 0 Å². The van der Waals surface area contributed by atoms with Crippen LogP contribution in [-0.4, -0.2) is 28.2 Å². The maximum atomic E-state index is 12.6. The lowest BCUT2D eigenvalue weighted by molar-refractivity contribution is -0.129. The van der Waals surface area contributed by atoms with Gasteiger partial charge in [0, 0.05) is 13.0 Å². The van der Waals surface area contributed by atoms with Crippen LogP contribution in [0, 0.1) is 12.8 Å². The van der Waals surface area contributed by atoms with Gasteiger partial charge < -0.3 is 14.4 Å². The molecular formula is C19H27NO4. The number of aliphatic hydroxyl groups excluding tert-OH is 1. The highest BCUT2D eigenvalue weighted by molar-refractivity contribution is 6.08. The van der Waals surface area contributed by atoms with Gasteiger partial charge in [0.2, 0.25) is 0 Å². The topological polar surface area (TPSA) is 70.8 Å². The lowest BCUT2D eigenvalue weighted by atomic mass is 9.95. The van der Waals surface area contributed by atoms with Crippen LogP contribution in [0.3, 0.4) is 0 Å². The minimum Gasteiger partial charge on any atom is -0.503 e. The van der Waals surface area contributed by atoms with Crippen LogP contribution in [0.1, 0.15) is 64.0 Å². The Labute approximate surface area is 143 Å². The largest absolute Gasteiger partial charge is 0.503 e. The van der Waals surface area contributed by atoms with Gasteiger partial charge in [0.1, 0.15) is 17.6 Å². The third-order valence-corrected chi connectivity index (χ3v) is 4.23. The number of rotatable bonds is 8. The molecule has 2 rings (SSSR count). The standard InChI is InChI=1S/C19H27NO4/c1-5-6-7-10-20-17(15-9-8-13(4)24-15)16(18(22)19(20)23)14(21)11-12(2)3/h8-9,12,17,22H,5-7,10-11H2,1-4H3. The zero-order chi connectivity index (χ0) is 17.9. The number of carbonyl (C=O) groups excluding carboxylic acids is 2. The second kappa shape index (κ2) is 7.69. The molecule has 1 amide bonds. The van der Waals surface area contributed by atoms with E-state index in [1.165, 1.54) is 0 Å². The molecular weight excluding hydrogens is 306 g/mol. The number of hydrogen-bond acceptors (Lipinski definition) is 4. The van der Waals surface area contributed by atoms with Crippen LogP contribution in [0.4, 0.5) is 0 Å². The molecule has 1 aromatic rings. The molecule has 0 radical (unpaired) electrons. The average molecular weight is 333 g/mol. The summed E-state index contributed by atoms with van der Waals surface area (Å²) in [6, 6.07) is 2.97. The van der Waals surface area contributed by atoms with Crippen molar-refractivity contribution in [3.8, 4) is 0 Å². The van der Waals surface area contributed by atoms with Gasteiger partial charge in [0.05, 0.1) is 5.57 Å². The number of aryl methyl sites for hydroxylation is 1. The van der Waals surface area contributed by atoms with Crippen molar-refractivity contribution in [1.29, 1.82) is 0 Å².